The van der Waals surface area contributed by atoms with Crippen LogP contribution in [0.4, 0.5) is 10.1 Å². The molecule has 0 radical (unpaired) electrons. The monoisotopic (exact) mass is 354 g/mol. The van der Waals surface area contributed by atoms with Crippen molar-refractivity contribution in [3.05, 3.63) is 62.4 Å². The minimum absolute atomic E-state index is 0.00188. The van der Waals surface area contributed by atoms with Gasteiger partial charge in [0, 0.05) is 23.7 Å². The topological polar surface area (TPSA) is 78.4 Å². The molecule has 0 unspecified atom stereocenters. The molecule has 0 aromatic heterocycles. The van der Waals surface area contributed by atoms with Gasteiger partial charge < -0.3 is 10.5 Å². The molecule has 0 bridgehead atoms. The Morgan fingerprint density at radius 1 is 1.33 bits per heavy atom. The Kier molecular flexibility index (Phi) is 4.54. The molecule has 2 rings (SSSR count). The standard InChI is InChI=1S/C14H12BrFN2O3/c1-8(17)9-4-2-3-5-13(9)21-14-7-11(16)10(15)6-12(14)18(19)20/h2-8H,17H2,1H3/t8-/m0/s1. The summed E-state index contributed by atoms with van der Waals surface area (Å²) in [6, 6.07) is 8.59. The second-order valence-electron chi connectivity index (χ2n) is 4.42. The van der Waals surface area contributed by atoms with Crippen molar-refractivity contribution in [2.75, 3.05) is 0 Å². The van der Waals surface area contributed by atoms with E-state index in [1.54, 1.807) is 31.2 Å². The zero-order valence-corrected chi connectivity index (χ0v) is 12.6. The molecule has 7 heteroatoms. The first kappa shape index (κ1) is 15.4. The number of rotatable bonds is 4. The average Bonchev–Trinajstić information content (AvgIpc) is 2.42. The molecule has 21 heavy (non-hydrogen) atoms. The van der Waals surface area contributed by atoms with Crippen molar-refractivity contribution in [2.24, 2.45) is 5.73 Å². The van der Waals surface area contributed by atoms with Gasteiger partial charge in [-0.25, -0.2) is 4.39 Å². The molecular weight excluding hydrogens is 343 g/mol. The van der Waals surface area contributed by atoms with E-state index in [0.717, 1.165) is 12.1 Å². The van der Waals surface area contributed by atoms with Gasteiger partial charge in [-0.3, -0.25) is 10.1 Å². The Hall–Kier alpha value is -1.99. The van der Waals surface area contributed by atoms with Crippen molar-refractivity contribution in [3.8, 4) is 11.5 Å². The maximum absolute atomic E-state index is 13.6. The minimum atomic E-state index is -0.645. The number of benzene rings is 2. The first-order valence-electron chi connectivity index (χ1n) is 6.06. The summed E-state index contributed by atoms with van der Waals surface area (Å²) >= 11 is 2.92. The van der Waals surface area contributed by atoms with Gasteiger partial charge in [0.15, 0.2) is 0 Å². The van der Waals surface area contributed by atoms with Crippen LogP contribution in [-0.2, 0) is 0 Å². The van der Waals surface area contributed by atoms with Gasteiger partial charge in [-0.05, 0) is 28.9 Å². The van der Waals surface area contributed by atoms with E-state index in [-0.39, 0.29) is 22.0 Å². The van der Waals surface area contributed by atoms with E-state index in [4.69, 9.17) is 10.5 Å². The van der Waals surface area contributed by atoms with Crippen LogP contribution in [-0.4, -0.2) is 4.92 Å². The summed E-state index contributed by atoms with van der Waals surface area (Å²) in [5.74, 6) is -0.458. The smallest absolute Gasteiger partial charge is 0.312 e. The number of hydrogen-bond acceptors (Lipinski definition) is 4. The number of halogens is 2. The Balaban J connectivity index is 2.49. The second kappa shape index (κ2) is 6.19. The molecular formula is C14H12BrFN2O3. The van der Waals surface area contributed by atoms with Crippen LogP contribution in [0.3, 0.4) is 0 Å². The fourth-order valence-corrected chi connectivity index (χ4v) is 2.14. The lowest BCUT2D eigenvalue weighted by Crippen LogP contribution is -2.06. The van der Waals surface area contributed by atoms with Gasteiger partial charge in [0.25, 0.3) is 0 Å². The van der Waals surface area contributed by atoms with Crippen molar-refractivity contribution in [1.29, 1.82) is 0 Å². The first-order valence-corrected chi connectivity index (χ1v) is 6.85. The highest BCUT2D eigenvalue weighted by Crippen LogP contribution is 2.37. The normalized spacial score (nSPS) is 12.0. The van der Waals surface area contributed by atoms with Crippen molar-refractivity contribution >= 4 is 21.6 Å². The average molecular weight is 355 g/mol. The van der Waals surface area contributed by atoms with Crippen LogP contribution in [0.15, 0.2) is 40.9 Å². The van der Waals surface area contributed by atoms with Crippen LogP contribution >= 0.6 is 15.9 Å². The Labute approximate surface area is 128 Å². The highest BCUT2D eigenvalue weighted by Gasteiger charge is 2.20. The highest BCUT2D eigenvalue weighted by molar-refractivity contribution is 9.10. The lowest BCUT2D eigenvalue weighted by molar-refractivity contribution is -0.385. The van der Waals surface area contributed by atoms with E-state index >= 15 is 0 Å². The lowest BCUT2D eigenvalue weighted by Gasteiger charge is -2.13. The fourth-order valence-electron chi connectivity index (χ4n) is 1.81. The van der Waals surface area contributed by atoms with Crippen LogP contribution in [0.25, 0.3) is 0 Å². The maximum Gasteiger partial charge on any atom is 0.312 e. The third kappa shape index (κ3) is 3.37. The molecule has 0 aliphatic rings. The van der Waals surface area contributed by atoms with Gasteiger partial charge in [0.05, 0.1) is 9.40 Å². The van der Waals surface area contributed by atoms with E-state index in [2.05, 4.69) is 15.9 Å². The van der Waals surface area contributed by atoms with Crippen molar-refractivity contribution in [1.82, 2.24) is 0 Å². The molecule has 2 aromatic rings. The van der Waals surface area contributed by atoms with E-state index in [1.165, 1.54) is 0 Å². The van der Waals surface area contributed by atoms with E-state index in [9.17, 15) is 14.5 Å². The summed E-state index contributed by atoms with van der Waals surface area (Å²) in [4.78, 5) is 10.4. The van der Waals surface area contributed by atoms with Crippen LogP contribution in [0.2, 0.25) is 0 Å². The Morgan fingerprint density at radius 2 is 2.00 bits per heavy atom. The molecule has 5 nitrogen and oxygen atoms in total. The number of nitro groups is 1. The largest absolute Gasteiger partial charge is 0.450 e. The highest BCUT2D eigenvalue weighted by atomic mass is 79.9. The summed E-state index contributed by atoms with van der Waals surface area (Å²) in [7, 11) is 0. The van der Waals surface area contributed by atoms with Crippen molar-refractivity contribution in [2.45, 2.75) is 13.0 Å². The van der Waals surface area contributed by atoms with Gasteiger partial charge in [-0.2, -0.15) is 0 Å². The third-order valence-electron chi connectivity index (χ3n) is 2.83. The predicted octanol–water partition coefficient (Wildman–Crippen LogP) is 4.31. The van der Waals surface area contributed by atoms with Crippen molar-refractivity contribution < 1.29 is 14.1 Å². The molecule has 0 aliphatic carbocycles. The molecule has 2 N–H and O–H groups in total. The quantitative estimate of drug-likeness (QED) is 0.655. The third-order valence-corrected chi connectivity index (χ3v) is 3.44. The number of nitrogens with two attached hydrogens (primary N) is 1. The Morgan fingerprint density at radius 3 is 2.62 bits per heavy atom. The summed E-state index contributed by atoms with van der Waals surface area (Å²) in [5, 5.41) is 11.1. The minimum Gasteiger partial charge on any atom is -0.450 e. The number of ether oxygens (including phenoxy) is 1. The van der Waals surface area contributed by atoms with Gasteiger partial charge >= 0.3 is 5.69 Å². The SMILES string of the molecule is C[C@H](N)c1ccccc1Oc1cc(F)c(Br)cc1[N+](=O)[O-]. The number of nitrogens with zero attached hydrogens (tertiary/aromatic N) is 1. The van der Waals surface area contributed by atoms with E-state index < -0.39 is 10.7 Å². The number of para-hydroxylation sites is 1. The van der Waals surface area contributed by atoms with E-state index in [1.807, 2.05) is 0 Å². The van der Waals surface area contributed by atoms with Gasteiger partial charge in [0.2, 0.25) is 5.75 Å². The number of hydrogen-bond donors (Lipinski definition) is 1. The summed E-state index contributed by atoms with van der Waals surface area (Å²) < 4.78 is 19.1. The van der Waals surface area contributed by atoms with E-state index in [0.29, 0.717) is 11.3 Å². The maximum atomic E-state index is 13.6. The van der Waals surface area contributed by atoms with Crippen LogP contribution < -0.4 is 10.5 Å². The molecule has 0 heterocycles. The van der Waals surface area contributed by atoms with Gasteiger partial charge in [-0.1, -0.05) is 18.2 Å². The van der Waals surface area contributed by atoms with Crippen LogP contribution in [0.1, 0.15) is 18.5 Å². The fraction of sp³-hybridized carbons (Fsp3) is 0.143. The number of nitro benzene ring substituents is 1. The molecule has 2 aromatic carbocycles. The zero-order valence-electron chi connectivity index (χ0n) is 11.0. The van der Waals surface area contributed by atoms with Crippen molar-refractivity contribution in [3.63, 3.8) is 0 Å². The van der Waals surface area contributed by atoms with Gasteiger partial charge in [0.1, 0.15) is 11.6 Å². The lowest BCUT2D eigenvalue weighted by atomic mass is 10.1. The zero-order chi connectivity index (χ0) is 15.6. The molecule has 0 amide bonds. The summed E-state index contributed by atoms with van der Waals surface area (Å²) in [5.41, 5.74) is 6.17. The Bertz CT molecular complexity index is 692. The second-order valence-corrected chi connectivity index (χ2v) is 5.27. The predicted molar refractivity (Wildman–Crippen MR) is 79.9 cm³/mol. The summed E-state index contributed by atoms with van der Waals surface area (Å²) in [6.45, 7) is 1.76. The molecule has 1 atom stereocenters. The first-order chi connectivity index (χ1) is 9.90. The molecule has 0 saturated carbocycles. The molecule has 0 fully saturated rings. The molecule has 0 spiro atoms. The summed E-state index contributed by atoms with van der Waals surface area (Å²) in [6.07, 6.45) is 0. The van der Waals surface area contributed by atoms with Crippen LogP contribution in [0.5, 0.6) is 11.5 Å². The molecule has 0 aliphatic heterocycles. The molecule has 0 saturated heterocycles. The van der Waals surface area contributed by atoms with Crippen LogP contribution in [0, 0.1) is 15.9 Å². The molecule has 110 valence electrons. The van der Waals surface area contributed by atoms with Gasteiger partial charge in [-0.15, -0.1) is 0 Å².